The molecule has 170 valence electrons. The lowest BCUT2D eigenvalue weighted by Crippen LogP contribution is -2.31. The number of hydrogen-bond acceptors (Lipinski definition) is 5. The highest BCUT2D eigenvalue weighted by Crippen LogP contribution is 2.23. The first-order valence-corrected chi connectivity index (χ1v) is 12.0. The predicted molar refractivity (Wildman–Crippen MR) is 126 cm³/mol. The third kappa shape index (κ3) is 5.31. The Morgan fingerprint density at radius 1 is 1.00 bits per heavy atom. The summed E-state index contributed by atoms with van der Waals surface area (Å²) in [5, 5.41) is 0. The topological polar surface area (TPSA) is 42.2 Å². The summed E-state index contributed by atoms with van der Waals surface area (Å²) in [5.41, 5.74) is 3.61. The lowest BCUT2D eigenvalue weighted by Gasteiger charge is -2.24. The van der Waals surface area contributed by atoms with Gasteiger partial charge in [-0.25, -0.2) is 0 Å². The molecule has 0 saturated carbocycles. The molecule has 1 unspecified atom stereocenters. The van der Waals surface area contributed by atoms with E-state index >= 15 is 0 Å². The van der Waals surface area contributed by atoms with Gasteiger partial charge in [-0.2, -0.15) is 0 Å². The first-order valence-electron chi connectivity index (χ1n) is 12.0. The highest BCUT2D eigenvalue weighted by atomic mass is 16.5. The van der Waals surface area contributed by atoms with Crippen molar-refractivity contribution in [1.82, 2.24) is 19.2 Å². The maximum Gasteiger partial charge on any atom is 0.123 e. The molecular weight excluding hydrogens is 400 g/mol. The lowest BCUT2D eigenvalue weighted by molar-refractivity contribution is 0.121. The van der Waals surface area contributed by atoms with Gasteiger partial charge in [-0.15, -0.1) is 0 Å². The summed E-state index contributed by atoms with van der Waals surface area (Å²) in [6.45, 7) is 8.61. The van der Waals surface area contributed by atoms with Crippen molar-refractivity contribution in [3.63, 3.8) is 0 Å². The molecule has 2 aromatic heterocycles. The van der Waals surface area contributed by atoms with E-state index in [-0.39, 0.29) is 0 Å². The first-order chi connectivity index (χ1) is 15.8. The molecule has 0 radical (unpaired) electrons. The maximum atomic E-state index is 6.22. The van der Waals surface area contributed by atoms with E-state index in [9.17, 15) is 0 Å². The smallest absolute Gasteiger partial charge is 0.123 e. The Morgan fingerprint density at radius 2 is 1.91 bits per heavy atom. The van der Waals surface area contributed by atoms with Crippen LogP contribution in [0.5, 0.6) is 5.75 Å². The summed E-state index contributed by atoms with van der Waals surface area (Å²) in [5.74, 6) is 1.45. The minimum atomic E-state index is 0.425. The van der Waals surface area contributed by atoms with E-state index in [1.54, 1.807) is 0 Å². The Balaban J connectivity index is 1.21. The molecule has 0 N–H and O–H groups in total. The van der Waals surface area contributed by atoms with E-state index in [0.29, 0.717) is 5.92 Å². The van der Waals surface area contributed by atoms with Crippen molar-refractivity contribution in [2.75, 3.05) is 52.5 Å². The Bertz CT molecular complexity index is 998. The largest absolute Gasteiger partial charge is 0.492 e. The Hall–Kier alpha value is -2.41. The van der Waals surface area contributed by atoms with Crippen molar-refractivity contribution in [3.05, 3.63) is 66.2 Å². The Kier molecular flexibility index (Phi) is 7.01. The lowest BCUT2D eigenvalue weighted by atomic mass is 10.0. The highest BCUT2D eigenvalue weighted by molar-refractivity contribution is 5.52. The number of ether oxygens (including phenoxy) is 2. The standard InChI is InChI=1S/C26H34N4O2/c1-2-8-26(32-17-15-28-10-3-4-11-28)23(6-1)20-29-14-16-31-21-22(19-29)18-24-25-7-5-12-30(25)13-9-27-24/h1-2,5-9,12-13,22H,3-4,10-11,14-21H2. The van der Waals surface area contributed by atoms with E-state index in [0.717, 1.165) is 63.9 Å². The summed E-state index contributed by atoms with van der Waals surface area (Å²) >= 11 is 0. The Morgan fingerprint density at radius 3 is 2.84 bits per heavy atom. The third-order valence-corrected chi connectivity index (χ3v) is 6.67. The SMILES string of the molecule is c1ccc(OCCN2CCCC2)c(CN2CCOCC(Cc3nccn4cccc34)C2)c1. The molecule has 1 aromatic carbocycles. The van der Waals surface area contributed by atoms with E-state index in [4.69, 9.17) is 9.47 Å². The van der Waals surface area contributed by atoms with Gasteiger partial charge in [0.05, 0.1) is 24.4 Å². The van der Waals surface area contributed by atoms with Crippen molar-refractivity contribution >= 4 is 5.52 Å². The van der Waals surface area contributed by atoms with Gasteiger partial charge in [-0.1, -0.05) is 18.2 Å². The van der Waals surface area contributed by atoms with Crippen LogP contribution in [0.15, 0.2) is 55.0 Å². The first kappa shape index (κ1) is 21.4. The van der Waals surface area contributed by atoms with Crippen LogP contribution in [0.3, 0.4) is 0 Å². The molecule has 5 rings (SSSR count). The second kappa shape index (κ2) is 10.5. The van der Waals surface area contributed by atoms with Crippen LogP contribution >= 0.6 is 0 Å². The molecule has 2 aliphatic heterocycles. The van der Waals surface area contributed by atoms with Crippen LogP contribution in [0.4, 0.5) is 0 Å². The number of fused-ring (bicyclic) bond motifs is 1. The number of benzene rings is 1. The van der Waals surface area contributed by atoms with Gasteiger partial charge in [0, 0.05) is 56.3 Å². The summed E-state index contributed by atoms with van der Waals surface area (Å²) < 4.78 is 14.3. The number of nitrogens with zero attached hydrogens (tertiary/aromatic N) is 4. The molecule has 3 aromatic rings. The van der Waals surface area contributed by atoms with Gasteiger partial charge in [0.15, 0.2) is 0 Å². The van der Waals surface area contributed by atoms with E-state index in [1.807, 2.05) is 12.4 Å². The number of para-hydroxylation sites is 1. The molecule has 2 aliphatic rings. The fraction of sp³-hybridized carbons (Fsp3) is 0.500. The van der Waals surface area contributed by atoms with Crippen LogP contribution in [-0.2, 0) is 17.7 Å². The quantitative estimate of drug-likeness (QED) is 0.543. The van der Waals surface area contributed by atoms with Crippen LogP contribution in [0.2, 0.25) is 0 Å². The zero-order valence-corrected chi connectivity index (χ0v) is 18.9. The van der Waals surface area contributed by atoms with Gasteiger partial charge in [-0.05, 0) is 50.6 Å². The number of hydrogen-bond donors (Lipinski definition) is 0. The maximum absolute atomic E-state index is 6.22. The van der Waals surface area contributed by atoms with Crippen LogP contribution in [-0.4, -0.2) is 71.7 Å². The fourth-order valence-electron chi connectivity index (χ4n) is 4.99. The molecule has 4 heterocycles. The molecule has 0 amide bonds. The predicted octanol–water partition coefficient (Wildman–Crippen LogP) is 3.50. The molecule has 2 saturated heterocycles. The molecule has 2 fully saturated rings. The van der Waals surface area contributed by atoms with Crippen LogP contribution in [0, 0.1) is 5.92 Å². The third-order valence-electron chi connectivity index (χ3n) is 6.67. The molecule has 0 aliphatic carbocycles. The minimum absolute atomic E-state index is 0.425. The summed E-state index contributed by atoms with van der Waals surface area (Å²) in [7, 11) is 0. The molecular formula is C26H34N4O2. The van der Waals surface area contributed by atoms with Crippen molar-refractivity contribution < 1.29 is 9.47 Å². The number of rotatable bonds is 8. The van der Waals surface area contributed by atoms with Gasteiger partial charge in [-0.3, -0.25) is 14.8 Å². The fourth-order valence-corrected chi connectivity index (χ4v) is 4.99. The Labute approximate surface area is 190 Å². The molecule has 6 heteroatoms. The molecule has 0 spiro atoms. The summed E-state index contributed by atoms with van der Waals surface area (Å²) in [4.78, 5) is 9.69. The zero-order valence-electron chi connectivity index (χ0n) is 18.9. The average molecular weight is 435 g/mol. The number of aromatic nitrogens is 2. The van der Waals surface area contributed by atoms with Crippen LogP contribution < -0.4 is 4.74 Å². The average Bonchev–Trinajstić information content (AvgIpc) is 3.46. The van der Waals surface area contributed by atoms with E-state index in [1.165, 1.54) is 37.0 Å². The molecule has 32 heavy (non-hydrogen) atoms. The molecule has 1 atom stereocenters. The zero-order chi connectivity index (χ0) is 21.6. The van der Waals surface area contributed by atoms with Crippen molar-refractivity contribution in [2.45, 2.75) is 25.8 Å². The van der Waals surface area contributed by atoms with Crippen molar-refractivity contribution in [1.29, 1.82) is 0 Å². The van der Waals surface area contributed by atoms with Crippen LogP contribution in [0.25, 0.3) is 5.52 Å². The summed E-state index contributed by atoms with van der Waals surface area (Å²) in [6.07, 6.45) is 9.56. The van der Waals surface area contributed by atoms with Crippen LogP contribution in [0.1, 0.15) is 24.1 Å². The van der Waals surface area contributed by atoms with E-state index in [2.05, 4.69) is 61.8 Å². The van der Waals surface area contributed by atoms with Crippen molar-refractivity contribution in [2.24, 2.45) is 5.92 Å². The van der Waals surface area contributed by atoms with Gasteiger partial charge < -0.3 is 13.9 Å². The second-order valence-electron chi connectivity index (χ2n) is 9.06. The van der Waals surface area contributed by atoms with Gasteiger partial charge in [0.25, 0.3) is 0 Å². The summed E-state index contributed by atoms with van der Waals surface area (Å²) in [6, 6.07) is 12.7. The molecule has 6 nitrogen and oxygen atoms in total. The monoisotopic (exact) mass is 434 g/mol. The minimum Gasteiger partial charge on any atom is -0.492 e. The van der Waals surface area contributed by atoms with E-state index < -0.39 is 0 Å². The number of likely N-dealkylation sites (tertiary alicyclic amines) is 1. The van der Waals surface area contributed by atoms with Gasteiger partial charge in [0.1, 0.15) is 12.4 Å². The van der Waals surface area contributed by atoms with Gasteiger partial charge in [0.2, 0.25) is 0 Å². The van der Waals surface area contributed by atoms with Gasteiger partial charge >= 0.3 is 0 Å². The second-order valence-corrected chi connectivity index (χ2v) is 9.06. The van der Waals surface area contributed by atoms with Crippen molar-refractivity contribution in [3.8, 4) is 5.75 Å². The normalized spacial score (nSPS) is 20.6. The highest BCUT2D eigenvalue weighted by Gasteiger charge is 2.22. The molecule has 0 bridgehead atoms.